The fraction of sp³-hybridized carbons (Fsp3) is 0.526. The summed E-state index contributed by atoms with van der Waals surface area (Å²) in [5.41, 5.74) is 2.16. The zero-order valence-corrected chi connectivity index (χ0v) is 16.0. The molecule has 0 aromatic carbocycles. The lowest BCUT2D eigenvalue weighted by molar-refractivity contribution is -0.133. The number of carbonyl (C=O) groups excluding carboxylic acids is 3. The highest BCUT2D eigenvalue weighted by Gasteiger charge is 2.28. The van der Waals surface area contributed by atoms with Gasteiger partial charge in [0.25, 0.3) is 0 Å². The fourth-order valence-electron chi connectivity index (χ4n) is 3.07. The first-order chi connectivity index (χ1) is 11.7. The number of carbonyl (C=O) groups is 3. The summed E-state index contributed by atoms with van der Waals surface area (Å²) in [5, 5.41) is 0. The molecule has 6 nitrogen and oxygen atoms in total. The lowest BCUT2D eigenvalue weighted by Gasteiger charge is -2.22. The van der Waals surface area contributed by atoms with Crippen molar-refractivity contribution in [3.05, 3.63) is 35.2 Å². The first kappa shape index (κ1) is 20.7. The van der Waals surface area contributed by atoms with Crippen LogP contribution >= 0.6 is 0 Å². The molecule has 0 saturated carbocycles. The summed E-state index contributed by atoms with van der Waals surface area (Å²) < 4.78 is 6.62. The monoisotopic (exact) mass is 348 g/mol. The van der Waals surface area contributed by atoms with Crippen LogP contribution in [0.15, 0.2) is 12.7 Å². The van der Waals surface area contributed by atoms with Crippen molar-refractivity contribution in [2.75, 3.05) is 20.2 Å². The minimum atomic E-state index is -0.470. The molecule has 0 aliphatic rings. The number of amides is 1. The summed E-state index contributed by atoms with van der Waals surface area (Å²) in [5.74, 6) is -0.974. The molecule has 1 aromatic heterocycles. The van der Waals surface area contributed by atoms with E-state index < -0.39 is 5.97 Å². The Morgan fingerprint density at radius 2 is 1.88 bits per heavy atom. The van der Waals surface area contributed by atoms with Gasteiger partial charge in [0.15, 0.2) is 5.78 Å². The normalized spacial score (nSPS) is 10.7. The molecule has 1 heterocycles. The Morgan fingerprint density at radius 1 is 1.28 bits per heavy atom. The topological polar surface area (TPSA) is 68.6 Å². The molecular formula is C19H28N2O4. The molecule has 1 aromatic rings. The second-order valence-corrected chi connectivity index (χ2v) is 6.26. The van der Waals surface area contributed by atoms with Gasteiger partial charge in [0.2, 0.25) is 5.91 Å². The Balaban J connectivity index is 3.29. The summed E-state index contributed by atoms with van der Waals surface area (Å²) in [4.78, 5) is 38.8. The van der Waals surface area contributed by atoms with Crippen molar-refractivity contribution in [2.45, 2.75) is 41.2 Å². The average Bonchev–Trinajstić information content (AvgIpc) is 2.82. The number of ketones is 1. The number of aromatic nitrogens is 1. The number of esters is 1. The number of rotatable bonds is 8. The Morgan fingerprint density at radius 3 is 2.32 bits per heavy atom. The first-order valence-corrected chi connectivity index (χ1v) is 8.41. The van der Waals surface area contributed by atoms with Crippen LogP contribution in [0.3, 0.4) is 0 Å². The number of nitrogens with zero attached hydrogens (tertiary/aromatic N) is 2. The average molecular weight is 348 g/mol. The van der Waals surface area contributed by atoms with Gasteiger partial charge in [0.1, 0.15) is 5.69 Å². The second kappa shape index (κ2) is 8.65. The van der Waals surface area contributed by atoms with Crippen LogP contribution in [0.1, 0.15) is 52.9 Å². The van der Waals surface area contributed by atoms with Gasteiger partial charge < -0.3 is 14.2 Å². The Bertz CT molecular complexity index is 686. The zero-order chi connectivity index (χ0) is 19.3. The Labute approximate surface area is 149 Å². The highest BCUT2D eigenvalue weighted by Crippen LogP contribution is 2.24. The smallest absolute Gasteiger partial charge is 0.354 e. The van der Waals surface area contributed by atoms with Crippen LogP contribution in [0.5, 0.6) is 0 Å². The third kappa shape index (κ3) is 4.18. The second-order valence-electron chi connectivity index (χ2n) is 6.26. The Hall–Kier alpha value is -2.37. The molecule has 0 fully saturated rings. The van der Waals surface area contributed by atoms with E-state index in [2.05, 4.69) is 6.58 Å². The molecular weight excluding hydrogens is 320 g/mol. The molecule has 0 radical (unpaired) electrons. The van der Waals surface area contributed by atoms with Crippen molar-refractivity contribution in [1.82, 2.24) is 9.47 Å². The van der Waals surface area contributed by atoms with E-state index in [9.17, 15) is 14.4 Å². The zero-order valence-electron chi connectivity index (χ0n) is 16.0. The lowest BCUT2D eigenvalue weighted by Crippen LogP contribution is -2.38. The van der Waals surface area contributed by atoms with E-state index in [0.717, 1.165) is 0 Å². The summed E-state index contributed by atoms with van der Waals surface area (Å²) in [6.07, 6.45) is 1.60. The largest absolute Gasteiger partial charge is 0.464 e. The Kier molecular flexibility index (Phi) is 7.15. The number of hydrogen-bond acceptors (Lipinski definition) is 4. The van der Waals surface area contributed by atoms with E-state index in [1.165, 1.54) is 12.0 Å². The minimum Gasteiger partial charge on any atom is -0.464 e. The molecule has 0 saturated heterocycles. The maximum Gasteiger partial charge on any atom is 0.354 e. The minimum absolute atomic E-state index is 0.0426. The van der Waals surface area contributed by atoms with Crippen molar-refractivity contribution >= 4 is 17.7 Å². The van der Waals surface area contributed by atoms with E-state index in [4.69, 9.17) is 4.74 Å². The van der Waals surface area contributed by atoms with Crippen LogP contribution in [0.25, 0.3) is 0 Å². The molecule has 138 valence electrons. The van der Waals surface area contributed by atoms with Gasteiger partial charge in [-0.15, -0.1) is 6.58 Å². The standard InChI is InChI=1S/C19H28N2O4/c1-8-10-20(18(23)12(3)4)11-15(22)16-13(5)17(19(24)25-7)21(9-2)14(16)6/h8,12H,1,9-11H2,2-7H3. The molecule has 0 spiro atoms. The maximum absolute atomic E-state index is 12.9. The van der Waals surface area contributed by atoms with Crippen molar-refractivity contribution in [1.29, 1.82) is 0 Å². The highest BCUT2D eigenvalue weighted by molar-refractivity contribution is 6.04. The van der Waals surface area contributed by atoms with Crippen LogP contribution in [-0.2, 0) is 16.1 Å². The SMILES string of the molecule is C=CCN(CC(=O)c1c(C)c(C(=O)OC)n(CC)c1C)C(=O)C(C)C. The summed E-state index contributed by atoms with van der Waals surface area (Å²) in [6.45, 7) is 13.5. The maximum atomic E-state index is 12.9. The van der Waals surface area contributed by atoms with E-state index in [0.29, 0.717) is 35.6 Å². The van der Waals surface area contributed by atoms with Crippen LogP contribution in [0.2, 0.25) is 0 Å². The predicted molar refractivity (Wildman–Crippen MR) is 96.9 cm³/mol. The molecule has 0 N–H and O–H groups in total. The van der Waals surface area contributed by atoms with Gasteiger partial charge >= 0.3 is 5.97 Å². The highest BCUT2D eigenvalue weighted by atomic mass is 16.5. The predicted octanol–water partition coefficient (Wildman–Crippen LogP) is 2.76. The van der Waals surface area contributed by atoms with E-state index in [1.54, 1.807) is 38.3 Å². The van der Waals surface area contributed by atoms with Gasteiger partial charge in [-0.2, -0.15) is 0 Å². The van der Waals surface area contributed by atoms with Crippen LogP contribution in [0, 0.1) is 19.8 Å². The number of Topliss-reactive ketones (excluding diaryl/α,β-unsaturated/α-hetero) is 1. The van der Waals surface area contributed by atoms with Crippen LogP contribution < -0.4 is 0 Å². The summed E-state index contributed by atoms with van der Waals surface area (Å²) in [6, 6.07) is 0. The van der Waals surface area contributed by atoms with Gasteiger partial charge in [0.05, 0.1) is 13.7 Å². The molecule has 0 atom stereocenters. The first-order valence-electron chi connectivity index (χ1n) is 8.41. The lowest BCUT2D eigenvalue weighted by atomic mass is 10.0. The quantitative estimate of drug-likeness (QED) is 0.411. The number of hydrogen-bond donors (Lipinski definition) is 0. The third-order valence-electron chi connectivity index (χ3n) is 4.23. The molecule has 6 heteroatoms. The molecule has 0 aliphatic heterocycles. The van der Waals surface area contributed by atoms with Gasteiger partial charge in [-0.25, -0.2) is 4.79 Å². The van der Waals surface area contributed by atoms with E-state index in [1.807, 2.05) is 6.92 Å². The molecule has 0 bridgehead atoms. The van der Waals surface area contributed by atoms with Crippen LogP contribution in [0.4, 0.5) is 0 Å². The molecule has 25 heavy (non-hydrogen) atoms. The number of ether oxygens (including phenoxy) is 1. The van der Waals surface area contributed by atoms with Crippen molar-refractivity contribution in [2.24, 2.45) is 5.92 Å². The molecule has 1 rings (SSSR count). The van der Waals surface area contributed by atoms with Crippen molar-refractivity contribution in [3.63, 3.8) is 0 Å². The fourth-order valence-corrected chi connectivity index (χ4v) is 3.07. The van der Waals surface area contributed by atoms with Crippen molar-refractivity contribution < 1.29 is 19.1 Å². The summed E-state index contributed by atoms with van der Waals surface area (Å²) in [7, 11) is 1.32. The number of methoxy groups -OCH3 is 1. The molecule has 1 amide bonds. The molecule has 0 unspecified atom stereocenters. The van der Waals surface area contributed by atoms with Gasteiger partial charge in [-0.3, -0.25) is 9.59 Å². The third-order valence-corrected chi connectivity index (χ3v) is 4.23. The van der Waals surface area contributed by atoms with Gasteiger partial charge in [0, 0.05) is 30.3 Å². The van der Waals surface area contributed by atoms with Gasteiger partial charge in [-0.05, 0) is 26.3 Å². The van der Waals surface area contributed by atoms with E-state index in [-0.39, 0.29) is 24.2 Å². The van der Waals surface area contributed by atoms with Crippen LogP contribution in [-0.4, -0.2) is 47.3 Å². The molecule has 0 aliphatic carbocycles. The van der Waals surface area contributed by atoms with Crippen molar-refractivity contribution in [3.8, 4) is 0 Å². The van der Waals surface area contributed by atoms with E-state index >= 15 is 0 Å². The summed E-state index contributed by atoms with van der Waals surface area (Å²) >= 11 is 0. The van der Waals surface area contributed by atoms with Gasteiger partial charge in [-0.1, -0.05) is 19.9 Å².